The summed E-state index contributed by atoms with van der Waals surface area (Å²) in [6, 6.07) is 10.5. The zero-order chi connectivity index (χ0) is 19.2. The summed E-state index contributed by atoms with van der Waals surface area (Å²) in [6.45, 7) is 0.325. The Morgan fingerprint density at radius 2 is 1.81 bits per heavy atom. The first-order valence-corrected chi connectivity index (χ1v) is 8.84. The Morgan fingerprint density at radius 1 is 1.07 bits per heavy atom. The normalized spacial score (nSPS) is 18.7. The number of hydrogen-bond acceptors (Lipinski definition) is 4. The predicted octanol–water partition coefficient (Wildman–Crippen LogP) is 2.45. The second-order valence-corrected chi connectivity index (χ2v) is 6.65. The van der Waals surface area contributed by atoms with Crippen molar-refractivity contribution in [1.82, 2.24) is 10.3 Å². The average molecular weight is 367 g/mol. The van der Waals surface area contributed by atoms with Crippen molar-refractivity contribution in [2.75, 3.05) is 5.32 Å². The second kappa shape index (κ2) is 8.44. The van der Waals surface area contributed by atoms with Gasteiger partial charge in [0.1, 0.15) is 0 Å². The van der Waals surface area contributed by atoms with E-state index in [1.807, 2.05) is 6.07 Å². The van der Waals surface area contributed by atoms with Crippen molar-refractivity contribution >= 4 is 23.5 Å². The summed E-state index contributed by atoms with van der Waals surface area (Å²) in [4.78, 5) is 39.3. The minimum atomic E-state index is -0.831. The molecular formula is C20H21N3O4. The van der Waals surface area contributed by atoms with E-state index in [1.165, 1.54) is 0 Å². The first-order chi connectivity index (χ1) is 13.0. The quantitative estimate of drug-likeness (QED) is 0.727. The Bertz CT molecular complexity index is 838. The van der Waals surface area contributed by atoms with Crippen LogP contribution in [-0.2, 0) is 16.1 Å². The van der Waals surface area contributed by atoms with Gasteiger partial charge in [-0.05, 0) is 49.1 Å². The predicted molar refractivity (Wildman–Crippen MR) is 98.9 cm³/mol. The number of nitrogens with one attached hydrogen (secondary N) is 2. The van der Waals surface area contributed by atoms with Crippen molar-refractivity contribution in [2.24, 2.45) is 11.8 Å². The molecule has 1 aromatic carbocycles. The van der Waals surface area contributed by atoms with E-state index >= 15 is 0 Å². The molecule has 0 spiro atoms. The second-order valence-electron chi connectivity index (χ2n) is 6.65. The molecule has 0 radical (unpaired) electrons. The highest BCUT2D eigenvalue weighted by Gasteiger charge is 2.33. The molecule has 1 heterocycles. The lowest BCUT2D eigenvalue weighted by Gasteiger charge is -2.12. The third-order valence-corrected chi connectivity index (χ3v) is 4.75. The number of aromatic nitrogens is 1. The Balaban J connectivity index is 1.54. The van der Waals surface area contributed by atoms with E-state index in [2.05, 4.69) is 15.6 Å². The van der Waals surface area contributed by atoms with E-state index in [4.69, 9.17) is 5.11 Å². The summed E-state index contributed by atoms with van der Waals surface area (Å²) in [5, 5.41) is 14.7. The zero-order valence-electron chi connectivity index (χ0n) is 14.7. The van der Waals surface area contributed by atoms with Crippen LogP contribution in [0.4, 0.5) is 5.69 Å². The maximum Gasteiger partial charge on any atom is 0.306 e. The molecule has 2 atom stereocenters. The van der Waals surface area contributed by atoms with Crippen molar-refractivity contribution in [3.63, 3.8) is 0 Å². The van der Waals surface area contributed by atoms with Crippen LogP contribution >= 0.6 is 0 Å². The lowest BCUT2D eigenvalue weighted by Crippen LogP contribution is -2.29. The average Bonchev–Trinajstić information content (AvgIpc) is 3.18. The van der Waals surface area contributed by atoms with Crippen LogP contribution in [0.15, 0.2) is 48.8 Å². The molecular weight excluding hydrogens is 346 g/mol. The Labute approximate surface area is 156 Å². The number of nitrogens with zero attached hydrogens (tertiary/aromatic N) is 1. The van der Waals surface area contributed by atoms with Crippen LogP contribution in [0.5, 0.6) is 0 Å². The van der Waals surface area contributed by atoms with Gasteiger partial charge in [0.2, 0.25) is 5.91 Å². The molecule has 1 aromatic heterocycles. The first-order valence-electron chi connectivity index (χ1n) is 8.84. The van der Waals surface area contributed by atoms with E-state index in [-0.39, 0.29) is 17.7 Å². The van der Waals surface area contributed by atoms with Crippen molar-refractivity contribution in [2.45, 2.75) is 25.8 Å². The van der Waals surface area contributed by atoms with Gasteiger partial charge < -0.3 is 15.7 Å². The van der Waals surface area contributed by atoms with Gasteiger partial charge in [-0.25, -0.2) is 0 Å². The molecule has 1 aliphatic carbocycles. The number of pyridine rings is 1. The number of carbonyl (C=O) groups excluding carboxylic acids is 2. The Morgan fingerprint density at radius 3 is 2.52 bits per heavy atom. The molecule has 2 amide bonds. The molecule has 0 aliphatic heterocycles. The minimum absolute atomic E-state index is 0.120. The monoisotopic (exact) mass is 367 g/mol. The number of anilines is 1. The summed E-state index contributed by atoms with van der Waals surface area (Å²) in [5.74, 6) is -1.86. The largest absolute Gasteiger partial charge is 0.481 e. The molecule has 1 saturated carbocycles. The number of hydrogen-bond donors (Lipinski definition) is 3. The number of carboxylic acids is 1. The topological polar surface area (TPSA) is 108 Å². The summed E-state index contributed by atoms with van der Waals surface area (Å²) in [5.41, 5.74) is 2.00. The number of aliphatic carboxylic acids is 1. The molecule has 0 bridgehead atoms. The van der Waals surface area contributed by atoms with Gasteiger partial charge >= 0.3 is 5.97 Å². The Kier molecular flexibility index (Phi) is 5.80. The van der Waals surface area contributed by atoms with Crippen LogP contribution in [0.2, 0.25) is 0 Å². The van der Waals surface area contributed by atoms with E-state index in [9.17, 15) is 14.4 Å². The number of rotatable bonds is 6. The van der Waals surface area contributed by atoms with Crippen molar-refractivity contribution in [3.05, 3.63) is 59.9 Å². The fourth-order valence-corrected chi connectivity index (χ4v) is 3.24. The SMILES string of the molecule is O=C(Nc1cccc(CNC(=O)[C@H]2CC[C@@H](C(=O)O)C2)c1)c1ccncc1. The molecule has 0 saturated heterocycles. The van der Waals surface area contributed by atoms with Gasteiger partial charge in [-0.15, -0.1) is 0 Å². The van der Waals surface area contributed by atoms with Crippen LogP contribution in [0.25, 0.3) is 0 Å². The first kappa shape index (κ1) is 18.6. The molecule has 1 aliphatic rings. The van der Waals surface area contributed by atoms with Gasteiger partial charge in [0.15, 0.2) is 0 Å². The minimum Gasteiger partial charge on any atom is -0.481 e. The van der Waals surface area contributed by atoms with E-state index in [0.29, 0.717) is 37.1 Å². The molecule has 1 fully saturated rings. The number of carboxylic acid groups (broad SMARTS) is 1. The van der Waals surface area contributed by atoms with Crippen LogP contribution < -0.4 is 10.6 Å². The highest BCUT2D eigenvalue weighted by molar-refractivity contribution is 6.04. The number of amides is 2. The van der Waals surface area contributed by atoms with E-state index < -0.39 is 11.9 Å². The Hall–Kier alpha value is -3.22. The molecule has 140 valence electrons. The van der Waals surface area contributed by atoms with E-state index in [1.54, 1.807) is 42.7 Å². The van der Waals surface area contributed by atoms with Gasteiger partial charge in [0.25, 0.3) is 5.91 Å². The molecule has 7 heteroatoms. The fraction of sp³-hybridized carbons (Fsp3) is 0.300. The molecule has 27 heavy (non-hydrogen) atoms. The van der Waals surface area contributed by atoms with Crippen LogP contribution in [0.1, 0.15) is 35.2 Å². The van der Waals surface area contributed by atoms with Gasteiger partial charge in [-0.1, -0.05) is 12.1 Å². The molecule has 3 rings (SSSR count). The zero-order valence-corrected chi connectivity index (χ0v) is 14.7. The summed E-state index contributed by atoms with van der Waals surface area (Å²) in [6.07, 6.45) is 4.65. The lowest BCUT2D eigenvalue weighted by molar-refractivity contribution is -0.141. The highest BCUT2D eigenvalue weighted by Crippen LogP contribution is 2.31. The van der Waals surface area contributed by atoms with Crippen molar-refractivity contribution in [3.8, 4) is 0 Å². The van der Waals surface area contributed by atoms with Crippen molar-refractivity contribution in [1.29, 1.82) is 0 Å². The smallest absolute Gasteiger partial charge is 0.306 e. The van der Waals surface area contributed by atoms with Crippen LogP contribution in [0, 0.1) is 11.8 Å². The fourth-order valence-electron chi connectivity index (χ4n) is 3.24. The molecule has 2 aromatic rings. The van der Waals surface area contributed by atoms with Crippen LogP contribution in [-0.4, -0.2) is 27.9 Å². The summed E-state index contributed by atoms with van der Waals surface area (Å²) < 4.78 is 0. The molecule has 3 N–H and O–H groups in total. The van der Waals surface area contributed by atoms with Gasteiger partial charge in [-0.2, -0.15) is 0 Å². The van der Waals surface area contributed by atoms with Gasteiger partial charge in [0.05, 0.1) is 5.92 Å². The number of benzene rings is 1. The highest BCUT2D eigenvalue weighted by atomic mass is 16.4. The van der Waals surface area contributed by atoms with Gasteiger partial charge in [-0.3, -0.25) is 19.4 Å². The summed E-state index contributed by atoms with van der Waals surface area (Å²) >= 11 is 0. The standard InChI is InChI=1S/C20H21N3O4/c24-18(15-4-5-16(11-15)20(26)27)22-12-13-2-1-3-17(10-13)23-19(25)14-6-8-21-9-7-14/h1-3,6-10,15-16H,4-5,11-12H2,(H,22,24)(H,23,25)(H,26,27)/t15-,16+/m0/s1. The van der Waals surface area contributed by atoms with Crippen LogP contribution in [0.3, 0.4) is 0 Å². The molecule has 7 nitrogen and oxygen atoms in total. The van der Waals surface area contributed by atoms with Gasteiger partial charge in [0, 0.05) is 36.1 Å². The number of carbonyl (C=O) groups is 3. The summed E-state index contributed by atoms with van der Waals surface area (Å²) in [7, 11) is 0. The lowest BCUT2D eigenvalue weighted by atomic mass is 10.0. The van der Waals surface area contributed by atoms with Crippen molar-refractivity contribution < 1.29 is 19.5 Å². The third kappa shape index (κ3) is 4.91. The molecule has 0 unspecified atom stereocenters. The van der Waals surface area contributed by atoms with E-state index in [0.717, 1.165) is 5.56 Å². The maximum absolute atomic E-state index is 12.3. The third-order valence-electron chi connectivity index (χ3n) is 4.75. The maximum atomic E-state index is 12.3.